The van der Waals surface area contributed by atoms with Gasteiger partial charge in [0.15, 0.2) is 0 Å². The van der Waals surface area contributed by atoms with Crippen LogP contribution in [0.1, 0.15) is 0 Å². The third-order valence-corrected chi connectivity index (χ3v) is 7.28. The van der Waals surface area contributed by atoms with Crippen molar-refractivity contribution in [2.24, 2.45) is 0 Å². The summed E-state index contributed by atoms with van der Waals surface area (Å²) in [5, 5.41) is 2.23. The Morgan fingerprint density at radius 1 is 0.833 bits per heavy atom. The monoisotopic (exact) mass is 420 g/mol. The topological polar surface area (TPSA) is 68.6 Å². The fourth-order valence-electron chi connectivity index (χ4n) is 4.12. The van der Waals surface area contributed by atoms with E-state index >= 15 is 0 Å². The third kappa shape index (κ3) is 3.16. The number of ether oxygens (including phenoxy) is 1. The molecule has 1 aliphatic rings. The van der Waals surface area contributed by atoms with Gasteiger partial charge in [0.25, 0.3) is 0 Å². The van der Waals surface area contributed by atoms with Crippen LogP contribution in [0.4, 0.5) is 0 Å². The highest BCUT2D eigenvalue weighted by Crippen LogP contribution is 2.30. The Morgan fingerprint density at radius 3 is 2.03 bits per heavy atom. The van der Waals surface area contributed by atoms with Gasteiger partial charge >= 0.3 is 5.97 Å². The van der Waals surface area contributed by atoms with E-state index in [2.05, 4.69) is 16.7 Å². The molecule has 0 N–H and O–H groups in total. The summed E-state index contributed by atoms with van der Waals surface area (Å²) in [6.45, 7) is 0.214. The Hall–Kier alpha value is -3.16. The molecule has 6 nitrogen and oxygen atoms in total. The first-order chi connectivity index (χ1) is 14.5. The van der Waals surface area contributed by atoms with Crippen molar-refractivity contribution in [3.05, 3.63) is 78.9 Å². The van der Waals surface area contributed by atoms with Crippen LogP contribution in [0.3, 0.4) is 0 Å². The molecular formula is C23H20N2O4S. The molecule has 3 aromatic carbocycles. The molecule has 0 amide bonds. The summed E-state index contributed by atoms with van der Waals surface area (Å²) in [4.78, 5) is 12.5. The lowest BCUT2D eigenvalue weighted by Gasteiger charge is -2.31. The van der Waals surface area contributed by atoms with Gasteiger partial charge in [0.2, 0.25) is 10.0 Å². The fourth-order valence-corrected chi connectivity index (χ4v) is 5.56. The number of morpholine rings is 1. The molecule has 0 saturated carbocycles. The number of hydrogen-bond donors (Lipinski definition) is 0. The van der Waals surface area contributed by atoms with E-state index in [0.717, 1.165) is 21.8 Å². The van der Waals surface area contributed by atoms with Gasteiger partial charge < -0.3 is 9.30 Å². The molecule has 2 heterocycles. The van der Waals surface area contributed by atoms with Crippen molar-refractivity contribution in [1.82, 2.24) is 8.87 Å². The first kappa shape index (κ1) is 18.8. The summed E-state index contributed by atoms with van der Waals surface area (Å²) in [5.74, 6) is -0.536. The van der Waals surface area contributed by atoms with Crippen LogP contribution in [0.25, 0.3) is 21.8 Å². The number of cyclic esters (lactones) is 1. The summed E-state index contributed by atoms with van der Waals surface area (Å²) in [7, 11) is -3.77. The summed E-state index contributed by atoms with van der Waals surface area (Å²) in [5.41, 5.74) is 2.05. The molecule has 1 aliphatic heterocycles. The average molecular weight is 420 g/mol. The Balaban J connectivity index is 1.50. The molecule has 0 radical (unpaired) electrons. The Bertz CT molecular complexity index is 1290. The molecule has 5 rings (SSSR count). The molecule has 1 saturated heterocycles. The second-order valence-electron chi connectivity index (χ2n) is 7.37. The molecule has 1 aromatic heterocycles. The molecule has 0 aliphatic carbocycles. The van der Waals surface area contributed by atoms with Crippen molar-refractivity contribution >= 4 is 37.8 Å². The summed E-state index contributed by atoms with van der Waals surface area (Å²) < 4.78 is 34.9. The molecule has 0 bridgehead atoms. The summed E-state index contributed by atoms with van der Waals surface area (Å²) in [6.07, 6.45) is -0.580. The number of hydrogen-bond acceptors (Lipinski definition) is 4. The molecular weight excluding hydrogens is 400 g/mol. The number of esters is 1. The lowest BCUT2D eigenvalue weighted by molar-refractivity contribution is -0.155. The van der Waals surface area contributed by atoms with Crippen LogP contribution in [-0.4, -0.2) is 42.5 Å². The van der Waals surface area contributed by atoms with E-state index in [1.54, 1.807) is 18.2 Å². The second-order valence-corrected chi connectivity index (χ2v) is 9.31. The first-order valence-electron chi connectivity index (χ1n) is 9.75. The highest BCUT2D eigenvalue weighted by molar-refractivity contribution is 7.89. The zero-order valence-corrected chi connectivity index (χ0v) is 17.0. The van der Waals surface area contributed by atoms with Gasteiger partial charge in [-0.25, -0.2) is 8.42 Å². The molecule has 0 spiro atoms. The van der Waals surface area contributed by atoms with E-state index in [1.807, 2.05) is 36.4 Å². The summed E-state index contributed by atoms with van der Waals surface area (Å²) >= 11 is 0. The number of para-hydroxylation sites is 2. The largest absolute Gasteiger partial charge is 0.458 e. The van der Waals surface area contributed by atoms with Gasteiger partial charge in [-0.3, -0.25) is 4.79 Å². The van der Waals surface area contributed by atoms with Gasteiger partial charge in [0.05, 0.1) is 18.0 Å². The summed E-state index contributed by atoms with van der Waals surface area (Å²) in [6, 6.07) is 24.3. The molecule has 7 heteroatoms. The number of rotatable bonds is 4. The minimum Gasteiger partial charge on any atom is -0.458 e. The number of nitrogens with zero attached hydrogens (tertiary/aromatic N) is 2. The number of benzene rings is 3. The SMILES string of the molecule is O=C1CN(S(=O)(=O)c2ccccc2)C[C@H](Cn2c3ccccc3c3ccccc32)O1. The number of sulfonamides is 1. The van der Waals surface area contributed by atoms with Crippen LogP contribution in [0, 0.1) is 0 Å². The maximum absolute atomic E-state index is 13.0. The standard InChI is InChI=1S/C23H20N2O4S/c26-23-16-24(30(27,28)18-8-2-1-3-9-18)14-17(29-23)15-25-21-12-6-4-10-19(21)20-11-5-7-13-22(20)25/h1-13,17H,14-16H2/t17-/m1/s1. The van der Waals surface area contributed by atoms with Crippen molar-refractivity contribution in [2.45, 2.75) is 17.5 Å². The lowest BCUT2D eigenvalue weighted by atomic mass is 10.2. The first-order valence-corrected chi connectivity index (χ1v) is 11.2. The fraction of sp³-hybridized carbons (Fsp3) is 0.174. The van der Waals surface area contributed by atoms with Crippen LogP contribution in [0.5, 0.6) is 0 Å². The minimum absolute atomic E-state index is 0.115. The zero-order valence-electron chi connectivity index (χ0n) is 16.1. The van der Waals surface area contributed by atoms with Crippen molar-refractivity contribution < 1.29 is 17.9 Å². The van der Waals surface area contributed by atoms with E-state index in [0.29, 0.717) is 6.54 Å². The van der Waals surface area contributed by atoms with Crippen molar-refractivity contribution in [3.63, 3.8) is 0 Å². The van der Waals surface area contributed by atoms with Crippen LogP contribution in [0.15, 0.2) is 83.8 Å². The lowest BCUT2D eigenvalue weighted by Crippen LogP contribution is -2.49. The van der Waals surface area contributed by atoms with Gasteiger partial charge in [0, 0.05) is 21.8 Å². The van der Waals surface area contributed by atoms with Crippen molar-refractivity contribution in [3.8, 4) is 0 Å². The normalized spacial score (nSPS) is 18.0. The van der Waals surface area contributed by atoms with Gasteiger partial charge in [-0.2, -0.15) is 4.31 Å². The number of fused-ring (bicyclic) bond motifs is 3. The number of aromatic nitrogens is 1. The Kier molecular flexibility index (Phi) is 4.56. The van der Waals surface area contributed by atoms with Crippen LogP contribution in [0.2, 0.25) is 0 Å². The maximum atomic E-state index is 13.0. The molecule has 4 aromatic rings. The second kappa shape index (κ2) is 7.27. The van der Waals surface area contributed by atoms with Crippen LogP contribution in [-0.2, 0) is 26.1 Å². The third-order valence-electron chi connectivity index (χ3n) is 5.46. The van der Waals surface area contributed by atoms with E-state index in [9.17, 15) is 13.2 Å². The predicted molar refractivity (Wildman–Crippen MR) is 115 cm³/mol. The van der Waals surface area contributed by atoms with E-state index in [4.69, 9.17) is 4.74 Å². The van der Waals surface area contributed by atoms with Gasteiger partial charge in [-0.05, 0) is 24.3 Å². The van der Waals surface area contributed by atoms with Crippen molar-refractivity contribution in [1.29, 1.82) is 0 Å². The highest BCUT2D eigenvalue weighted by Gasteiger charge is 2.35. The smallest absolute Gasteiger partial charge is 0.321 e. The highest BCUT2D eigenvalue weighted by atomic mass is 32.2. The molecule has 0 unspecified atom stereocenters. The molecule has 1 fully saturated rings. The maximum Gasteiger partial charge on any atom is 0.321 e. The minimum atomic E-state index is -3.77. The van der Waals surface area contributed by atoms with Crippen molar-refractivity contribution in [2.75, 3.05) is 13.1 Å². The Morgan fingerprint density at radius 2 is 1.40 bits per heavy atom. The van der Waals surface area contributed by atoms with Crippen LogP contribution < -0.4 is 0 Å². The quantitative estimate of drug-likeness (QED) is 0.475. The van der Waals surface area contributed by atoms with E-state index in [1.165, 1.54) is 16.4 Å². The van der Waals surface area contributed by atoms with Gasteiger partial charge in [-0.1, -0.05) is 54.6 Å². The Labute approximate surface area is 174 Å². The van der Waals surface area contributed by atoms with Crippen LogP contribution >= 0.6 is 0 Å². The van der Waals surface area contributed by atoms with Gasteiger partial charge in [0.1, 0.15) is 12.6 Å². The molecule has 1 atom stereocenters. The predicted octanol–water partition coefficient (Wildman–Crippen LogP) is 3.41. The van der Waals surface area contributed by atoms with E-state index < -0.39 is 22.1 Å². The van der Waals surface area contributed by atoms with E-state index in [-0.39, 0.29) is 18.0 Å². The van der Waals surface area contributed by atoms with Gasteiger partial charge in [-0.15, -0.1) is 0 Å². The number of carbonyl (C=O) groups is 1. The average Bonchev–Trinajstić information content (AvgIpc) is 3.08. The number of carbonyl (C=O) groups excluding carboxylic acids is 1. The molecule has 30 heavy (non-hydrogen) atoms. The molecule has 152 valence electrons. The zero-order chi connectivity index (χ0) is 20.7.